The molecule has 0 aliphatic carbocycles. The number of carbonyl (C=O) groups excluding carboxylic acids is 3. The van der Waals surface area contributed by atoms with E-state index in [9.17, 15) is 24.4 Å². The molecule has 3 amide bonds. The number of imide groups is 1. The van der Waals surface area contributed by atoms with Crippen LogP contribution in [-0.2, 0) is 33.7 Å². The first-order valence-corrected chi connectivity index (χ1v) is 25.6. The summed E-state index contributed by atoms with van der Waals surface area (Å²) in [5, 5.41) is 12.3. The van der Waals surface area contributed by atoms with Gasteiger partial charge in [-0.15, -0.1) is 0 Å². The fourth-order valence-corrected chi connectivity index (χ4v) is 11.0. The number of H-pyrrole nitrogens is 1. The molecule has 2 aliphatic heterocycles. The molecule has 1 saturated heterocycles. The van der Waals surface area contributed by atoms with Crippen molar-refractivity contribution >= 4 is 43.4 Å². The number of carbonyl (C=O) groups is 3. The van der Waals surface area contributed by atoms with E-state index in [0.29, 0.717) is 11.5 Å². The van der Waals surface area contributed by atoms with Gasteiger partial charge in [-0.05, 0) is 80.8 Å². The van der Waals surface area contributed by atoms with Crippen LogP contribution in [0.3, 0.4) is 0 Å². The van der Waals surface area contributed by atoms with Crippen molar-refractivity contribution < 1.29 is 47.1 Å². The number of hydrogen-bond donors (Lipinski definition) is 2. The number of nitrogens with one attached hydrogen (secondary N) is 2. The second-order valence-electron chi connectivity index (χ2n) is 18.5. The summed E-state index contributed by atoms with van der Waals surface area (Å²) in [5.74, 6) is -0.560. The van der Waals surface area contributed by atoms with E-state index in [-0.39, 0.29) is 79.0 Å². The number of imidazole rings is 1. The lowest BCUT2D eigenvalue weighted by atomic mass is 9.80. The Kier molecular flexibility index (Phi) is 17.0. The monoisotopic (exact) mass is 1030 g/mol. The Balaban J connectivity index is 1.28. The summed E-state index contributed by atoms with van der Waals surface area (Å²) in [5.41, 5.74) is 0.941. The molecular formula is C54H61N8O11P. The largest absolute Gasteiger partial charge is 0.497 e. The van der Waals surface area contributed by atoms with Crippen molar-refractivity contribution in [2.45, 2.75) is 90.2 Å². The minimum Gasteiger partial charge on any atom is -0.497 e. The van der Waals surface area contributed by atoms with Crippen LogP contribution in [0.4, 0.5) is 5.95 Å². The molecule has 4 aromatic carbocycles. The zero-order chi connectivity index (χ0) is 52.7. The van der Waals surface area contributed by atoms with Gasteiger partial charge in [-0.1, -0.05) is 80.6 Å². The van der Waals surface area contributed by atoms with Gasteiger partial charge in [-0.25, -0.2) is 9.65 Å². The summed E-state index contributed by atoms with van der Waals surface area (Å²) in [6.07, 6.45) is -2.91. The highest BCUT2D eigenvalue weighted by Crippen LogP contribution is 2.51. The van der Waals surface area contributed by atoms with Gasteiger partial charge in [0, 0.05) is 18.0 Å². The third kappa shape index (κ3) is 11.0. The minimum absolute atomic E-state index is 0.0481. The number of hydrogen-bond acceptors (Lipinski definition) is 15. The zero-order valence-corrected chi connectivity index (χ0v) is 43.5. The van der Waals surface area contributed by atoms with Crippen molar-refractivity contribution in [3.05, 3.63) is 148 Å². The average molecular weight is 1030 g/mol. The number of benzene rings is 4. The number of rotatable bonds is 23. The van der Waals surface area contributed by atoms with Gasteiger partial charge in [-0.3, -0.25) is 38.9 Å². The van der Waals surface area contributed by atoms with Crippen molar-refractivity contribution in [2.75, 3.05) is 45.9 Å². The number of aromatic amines is 1. The van der Waals surface area contributed by atoms with Crippen molar-refractivity contribution in [3.8, 4) is 17.6 Å². The first kappa shape index (κ1) is 53.4. The minimum atomic E-state index is -1.99. The van der Waals surface area contributed by atoms with Gasteiger partial charge in [-0.2, -0.15) is 10.2 Å². The Morgan fingerprint density at radius 1 is 0.824 bits per heavy atom. The summed E-state index contributed by atoms with van der Waals surface area (Å²) in [4.78, 5) is 66.8. The quantitative estimate of drug-likeness (QED) is 0.0269. The molecule has 8 rings (SSSR count). The summed E-state index contributed by atoms with van der Waals surface area (Å²) < 4.78 is 50.1. The lowest BCUT2D eigenvalue weighted by Crippen LogP contribution is -2.43. The second kappa shape index (κ2) is 23.5. The van der Waals surface area contributed by atoms with E-state index in [1.165, 1.54) is 10.9 Å². The number of amides is 3. The maximum atomic E-state index is 13.7. The lowest BCUT2D eigenvalue weighted by molar-refractivity contribution is -0.118. The highest BCUT2D eigenvalue weighted by atomic mass is 31.2. The van der Waals surface area contributed by atoms with Crippen molar-refractivity contribution in [3.63, 3.8) is 0 Å². The SMILES string of the molecule is COc1ccc(C(OC[C@H]2O[C@@H](n3cnc4c(=O)[nH]c(NC(=O)C(C)C)nc43)[C@H](OCCN3C(=O)c4ccccc4C3=O)[C@@H]2OP(OCCC#N)N(C(C)C)C(C)C)(c2ccccc2)c2ccc(OC)cc2)cc1. The second-order valence-corrected chi connectivity index (χ2v) is 19.9. The van der Waals surface area contributed by atoms with Crippen LogP contribution in [0.5, 0.6) is 11.5 Å². The predicted molar refractivity (Wildman–Crippen MR) is 275 cm³/mol. The first-order chi connectivity index (χ1) is 35.7. The molecule has 1 fully saturated rings. The van der Waals surface area contributed by atoms with E-state index in [4.69, 9.17) is 32.7 Å². The number of anilines is 1. The van der Waals surface area contributed by atoms with E-state index in [1.807, 2.05) is 107 Å². The molecule has 0 spiro atoms. The van der Waals surface area contributed by atoms with Crippen LogP contribution >= 0.6 is 8.53 Å². The molecule has 6 aromatic rings. The predicted octanol–water partition coefficient (Wildman–Crippen LogP) is 7.98. The molecule has 20 heteroatoms. The summed E-state index contributed by atoms with van der Waals surface area (Å²) in [7, 11) is 1.21. The third-order valence-electron chi connectivity index (χ3n) is 12.8. The van der Waals surface area contributed by atoms with Crippen LogP contribution in [-0.4, -0.2) is 118 Å². The fourth-order valence-electron chi connectivity index (χ4n) is 9.21. The molecule has 1 unspecified atom stereocenters. The van der Waals surface area contributed by atoms with Crippen LogP contribution in [0.15, 0.2) is 114 Å². The van der Waals surface area contributed by atoms with E-state index in [1.54, 1.807) is 52.3 Å². The van der Waals surface area contributed by atoms with Crippen LogP contribution in [0.25, 0.3) is 11.2 Å². The first-order valence-electron chi connectivity index (χ1n) is 24.4. The Morgan fingerprint density at radius 3 is 1.96 bits per heavy atom. The van der Waals surface area contributed by atoms with E-state index in [0.717, 1.165) is 21.6 Å². The standard InChI is InChI=1S/C54H61N8O11P/c1-33(2)48(63)58-53-57-47-44(49(64)59-53)56-32-61(47)52-46(69-30-28-60-50(65)41-17-12-13-18-42(41)51(60)66)45(73-74(71-29-14-27-55)62(34(3)4)35(5)6)43(72-52)31-70-54(36-15-10-9-11-16-36,37-19-23-39(67-7)24-20-37)38-21-25-40(68-8)26-22-38/h9-13,15-26,32-35,43,45-46,52H,14,28-31H2,1-8H3,(H2,57,58,59,63,64)/t43-,45-,46-,52-,74?/m1/s1. The van der Waals surface area contributed by atoms with Crippen LogP contribution in [0.2, 0.25) is 0 Å². The molecule has 0 saturated carbocycles. The van der Waals surface area contributed by atoms with Gasteiger partial charge >= 0.3 is 0 Å². The van der Waals surface area contributed by atoms with Crippen molar-refractivity contribution in [2.24, 2.45) is 5.92 Å². The Hall–Kier alpha value is -6.88. The highest BCUT2D eigenvalue weighted by Gasteiger charge is 2.52. The Bertz CT molecular complexity index is 2930. The number of fused-ring (bicyclic) bond motifs is 2. The van der Waals surface area contributed by atoms with E-state index >= 15 is 0 Å². The van der Waals surface area contributed by atoms with Crippen LogP contribution in [0, 0.1) is 17.2 Å². The summed E-state index contributed by atoms with van der Waals surface area (Å²) in [6.45, 7) is 11.1. The number of methoxy groups -OCH3 is 2. The number of nitrogens with zero attached hydrogens (tertiary/aromatic N) is 6. The normalized spacial score (nSPS) is 18.2. The average Bonchev–Trinajstić information content (AvgIpc) is 4.05. The van der Waals surface area contributed by atoms with Gasteiger partial charge in [0.15, 0.2) is 17.4 Å². The molecule has 2 N–H and O–H groups in total. The van der Waals surface area contributed by atoms with Gasteiger partial charge in [0.05, 0.1) is 70.5 Å². The molecule has 5 atom stereocenters. The van der Waals surface area contributed by atoms with Gasteiger partial charge in [0.2, 0.25) is 11.9 Å². The van der Waals surface area contributed by atoms with Crippen LogP contribution < -0.4 is 20.3 Å². The number of aromatic nitrogens is 4. The molecule has 4 heterocycles. The van der Waals surface area contributed by atoms with E-state index in [2.05, 4.69) is 31.0 Å². The molecule has 2 aromatic heterocycles. The number of ether oxygens (including phenoxy) is 5. The number of nitriles is 1. The van der Waals surface area contributed by atoms with Crippen molar-refractivity contribution in [1.29, 1.82) is 5.26 Å². The highest BCUT2D eigenvalue weighted by molar-refractivity contribution is 7.44. The maximum Gasteiger partial charge on any atom is 0.280 e. The fraction of sp³-hybridized carbons (Fsp3) is 0.389. The zero-order valence-electron chi connectivity index (χ0n) is 42.6. The Morgan fingerprint density at radius 2 is 1.41 bits per heavy atom. The third-order valence-corrected chi connectivity index (χ3v) is 14.9. The lowest BCUT2D eigenvalue weighted by Gasteiger charge is -2.39. The van der Waals surface area contributed by atoms with E-state index < -0.39 is 62.0 Å². The molecular weight excluding hydrogens is 968 g/mol. The van der Waals surface area contributed by atoms with Gasteiger partial charge in [0.1, 0.15) is 35.4 Å². The molecule has 0 radical (unpaired) electrons. The molecule has 2 aliphatic rings. The molecule has 388 valence electrons. The molecule has 74 heavy (non-hydrogen) atoms. The smallest absolute Gasteiger partial charge is 0.280 e. The summed E-state index contributed by atoms with van der Waals surface area (Å²) in [6, 6.07) is 33.5. The van der Waals surface area contributed by atoms with Crippen molar-refractivity contribution in [1.82, 2.24) is 29.1 Å². The van der Waals surface area contributed by atoms with Gasteiger partial charge in [0.25, 0.3) is 25.9 Å². The van der Waals surface area contributed by atoms with Gasteiger partial charge < -0.3 is 32.7 Å². The van der Waals surface area contributed by atoms with Crippen LogP contribution in [0.1, 0.15) is 91.6 Å². The maximum absolute atomic E-state index is 13.7. The molecule has 0 bridgehead atoms. The topological polar surface area (TPSA) is 222 Å². The summed E-state index contributed by atoms with van der Waals surface area (Å²) >= 11 is 0. The Labute approximate surface area is 430 Å². The molecule has 19 nitrogen and oxygen atoms in total.